The van der Waals surface area contributed by atoms with E-state index in [4.69, 9.17) is 16.9 Å². The van der Waals surface area contributed by atoms with Crippen LogP contribution in [0.15, 0.2) is 36.7 Å². The Morgan fingerprint density at radius 3 is 2.70 bits per heavy atom. The Balaban J connectivity index is 1.24. The van der Waals surface area contributed by atoms with Gasteiger partial charge in [0, 0.05) is 51.2 Å². The number of carbonyl (C=O) groups is 1. The number of halogens is 1. The van der Waals surface area contributed by atoms with Crippen LogP contribution in [0.5, 0.6) is 0 Å². The molecular weight excluding hydrogens is 496 g/mol. The number of aromatic nitrogens is 7. The van der Waals surface area contributed by atoms with Crippen LogP contribution in [0.4, 0.5) is 23.3 Å². The van der Waals surface area contributed by atoms with Crippen LogP contribution < -0.4 is 15.5 Å². The number of pyridine rings is 1. The van der Waals surface area contributed by atoms with Crippen LogP contribution in [0.1, 0.15) is 29.2 Å². The minimum Gasteiger partial charge on any atom is -0.366 e. The fourth-order valence-corrected chi connectivity index (χ4v) is 4.05. The summed E-state index contributed by atoms with van der Waals surface area (Å²) in [6, 6.07) is 9.18. The lowest BCUT2D eigenvalue weighted by atomic mass is 10.1. The molecule has 37 heavy (non-hydrogen) atoms. The predicted octanol–water partition coefficient (Wildman–Crippen LogP) is 2.36. The van der Waals surface area contributed by atoms with Crippen molar-refractivity contribution in [3.05, 3.63) is 53.2 Å². The third-order valence-electron chi connectivity index (χ3n) is 5.86. The van der Waals surface area contributed by atoms with E-state index in [0.29, 0.717) is 33.8 Å². The van der Waals surface area contributed by atoms with Crippen molar-refractivity contribution in [2.45, 2.75) is 18.9 Å². The van der Waals surface area contributed by atoms with Crippen molar-refractivity contribution in [1.29, 1.82) is 5.26 Å². The van der Waals surface area contributed by atoms with Gasteiger partial charge in [0.05, 0.1) is 6.20 Å². The first-order valence-corrected chi connectivity index (χ1v) is 11.9. The summed E-state index contributed by atoms with van der Waals surface area (Å²) in [6.07, 6.45) is 4.95. The molecule has 0 unspecified atom stereocenters. The van der Waals surface area contributed by atoms with Crippen molar-refractivity contribution in [2.24, 2.45) is 0 Å². The molecule has 2 N–H and O–H groups in total. The summed E-state index contributed by atoms with van der Waals surface area (Å²) in [5, 5.41) is 28.2. The number of carbonyl (C=O) groups excluding carboxylic acids is 1. The number of nitriles is 1. The summed E-state index contributed by atoms with van der Waals surface area (Å²) in [5.74, 6) is 1.51. The highest BCUT2D eigenvalue weighted by Crippen LogP contribution is 2.25. The first-order chi connectivity index (χ1) is 17.9. The molecule has 0 aromatic carbocycles. The van der Waals surface area contributed by atoms with E-state index < -0.39 is 0 Å². The van der Waals surface area contributed by atoms with Gasteiger partial charge < -0.3 is 20.4 Å². The number of hydrogen-bond donors (Lipinski definition) is 2. The summed E-state index contributed by atoms with van der Waals surface area (Å²) in [5.41, 5.74) is 1.50. The molecule has 4 aromatic heterocycles. The highest BCUT2D eigenvalue weighted by molar-refractivity contribution is 6.32. The van der Waals surface area contributed by atoms with Crippen LogP contribution in [0.3, 0.4) is 0 Å². The van der Waals surface area contributed by atoms with Gasteiger partial charge in [-0.25, -0.2) is 14.5 Å². The number of anilines is 4. The van der Waals surface area contributed by atoms with Crippen LogP contribution in [0.25, 0.3) is 5.65 Å². The van der Waals surface area contributed by atoms with E-state index >= 15 is 0 Å². The molecule has 14 heteroatoms. The van der Waals surface area contributed by atoms with Gasteiger partial charge in [0.25, 0.3) is 5.91 Å². The quantitative estimate of drug-likeness (QED) is 0.386. The average molecular weight is 519 g/mol. The van der Waals surface area contributed by atoms with Gasteiger partial charge in [-0.3, -0.25) is 4.79 Å². The fourth-order valence-electron chi connectivity index (χ4n) is 3.91. The molecular formula is C23H23ClN12O. The van der Waals surface area contributed by atoms with Crippen LogP contribution in [0, 0.1) is 11.3 Å². The molecule has 13 nitrogen and oxygen atoms in total. The molecule has 188 valence electrons. The molecule has 0 aliphatic carbocycles. The molecule has 1 aliphatic rings. The van der Waals surface area contributed by atoms with Crippen molar-refractivity contribution in [3.8, 4) is 6.07 Å². The zero-order valence-corrected chi connectivity index (χ0v) is 20.9. The molecule has 0 bridgehead atoms. The highest BCUT2D eigenvalue weighted by atomic mass is 35.5. The number of hydrogen-bond acceptors (Lipinski definition) is 11. The van der Waals surface area contributed by atoms with E-state index in [0.717, 1.165) is 31.7 Å². The molecule has 1 fully saturated rings. The maximum atomic E-state index is 12.2. The Labute approximate surface area is 217 Å². The minimum atomic E-state index is -0.273. The lowest BCUT2D eigenvalue weighted by Crippen LogP contribution is -2.39. The Morgan fingerprint density at radius 1 is 1.19 bits per heavy atom. The fraction of sp³-hybridized carbons (Fsp3) is 0.304. The molecule has 1 amide bonds. The highest BCUT2D eigenvalue weighted by Gasteiger charge is 2.22. The lowest BCUT2D eigenvalue weighted by molar-refractivity contribution is 0.0816. The molecule has 0 spiro atoms. The van der Waals surface area contributed by atoms with Crippen molar-refractivity contribution >= 4 is 46.4 Å². The van der Waals surface area contributed by atoms with E-state index in [1.807, 2.05) is 12.1 Å². The van der Waals surface area contributed by atoms with E-state index in [1.54, 1.807) is 44.7 Å². The largest absolute Gasteiger partial charge is 0.366 e. The minimum absolute atomic E-state index is 0.119. The maximum absolute atomic E-state index is 12.2. The predicted molar refractivity (Wildman–Crippen MR) is 137 cm³/mol. The van der Waals surface area contributed by atoms with Crippen LogP contribution in [-0.2, 0) is 0 Å². The number of fused-ring (bicyclic) bond motifs is 1. The van der Waals surface area contributed by atoms with Crippen molar-refractivity contribution in [2.75, 3.05) is 42.7 Å². The normalized spacial score (nSPS) is 13.8. The Morgan fingerprint density at radius 2 is 2.00 bits per heavy atom. The molecule has 0 radical (unpaired) electrons. The van der Waals surface area contributed by atoms with E-state index in [1.165, 1.54) is 9.42 Å². The van der Waals surface area contributed by atoms with Crippen LogP contribution in [0.2, 0.25) is 5.02 Å². The van der Waals surface area contributed by atoms with Gasteiger partial charge in [-0.05, 0) is 31.0 Å². The van der Waals surface area contributed by atoms with E-state index in [2.05, 4.69) is 45.8 Å². The van der Waals surface area contributed by atoms with E-state index in [-0.39, 0.29) is 17.8 Å². The first-order valence-electron chi connectivity index (χ1n) is 11.5. The van der Waals surface area contributed by atoms with Gasteiger partial charge >= 0.3 is 0 Å². The zero-order chi connectivity index (χ0) is 25.9. The monoisotopic (exact) mass is 518 g/mol. The van der Waals surface area contributed by atoms with Gasteiger partial charge in [-0.15, -0.1) is 15.3 Å². The number of nitrogens with zero attached hydrogens (tertiary/aromatic N) is 10. The van der Waals surface area contributed by atoms with Crippen LogP contribution >= 0.6 is 11.6 Å². The second-order valence-electron chi connectivity index (χ2n) is 8.66. The number of nitrogens with one attached hydrogen (secondary N) is 2. The second kappa shape index (κ2) is 10.2. The van der Waals surface area contributed by atoms with E-state index in [9.17, 15) is 4.79 Å². The van der Waals surface area contributed by atoms with Crippen molar-refractivity contribution in [1.82, 2.24) is 39.7 Å². The third kappa shape index (κ3) is 5.34. The summed E-state index contributed by atoms with van der Waals surface area (Å²) in [7, 11) is 3.30. The van der Waals surface area contributed by atoms with Gasteiger partial charge in [0.1, 0.15) is 11.1 Å². The Hall–Kier alpha value is -4.57. The van der Waals surface area contributed by atoms with Crippen molar-refractivity contribution < 1.29 is 4.79 Å². The number of rotatable bonds is 6. The topological polar surface area (TPSA) is 153 Å². The van der Waals surface area contributed by atoms with Crippen molar-refractivity contribution in [3.63, 3.8) is 0 Å². The molecule has 0 saturated carbocycles. The average Bonchev–Trinajstić information content (AvgIpc) is 3.34. The smallest absolute Gasteiger partial charge is 0.293 e. The van der Waals surface area contributed by atoms with Gasteiger partial charge in [-0.1, -0.05) is 11.6 Å². The Bertz CT molecular complexity index is 1470. The SMILES string of the molecule is CN(C)C(=O)c1nc2cc(Nc3ncc(Cl)c(NC4CCN(c5ccc(C#N)nn5)CC4)n3)ccn2n1. The Kier molecular flexibility index (Phi) is 6.65. The summed E-state index contributed by atoms with van der Waals surface area (Å²) >= 11 is 6.38. The molecule has 0 atom stereocenters. The summed E-state index contributed by atoms with van der Waals surface area (Å²) in [4.78, 5) is 28.9. The maximum Gasteiger partial charge on any atom is 0.293 e. The lowest BCUT2D eigenvalue weighted by Gasteiger charge is -2.33. The zero-order valence-electron chi connectivity index (χ0n) is 20.1. The first kappa shape index (κ1) is 24.1. The molecule has 5 heterocycles. The standard InChI is InChI=1S/C23H23ClN12O/c1-34(2)22(37)21-29-19-11-15(7-10-36(19)33-21)28-23-26-13-17(24)20(30-23)27-14-5-8-35(9-6-14)18-4-3-16(12-25)31-32-18/h3-4,7,10-11,13-14H,5-6,8-9H2,1-2H3,(H2,26,27,28,30). The number of piperidine rings is 1. The second-order valence-corrected chi connectivity index (χ2v) is 9.07. The summed E-state index contributed by atoms with van der Waals surface area (Å²) < 4.78 is 1.54. The summed E-state index contributed by atoms with van der Waals surface area (Å²) in [6.45, 7) is 1.56. The van der Waals surface area contributed by atoms with Gasteiger partial charge in [-0.2, -0.15) is 10.2 Å². The number of amides is 1. The van der Waals surface area contributed by atoms with Crippen LogP contribution in [-0.4, -0.2) is 78.8 Å². The van der Waals surface area contributed by atoms with Gasteiger partial charge in [0.15, 0.2) is 23.0 Å². The molecule has 1 saturated heterocycles. The molecule has 1 aliphatic heterocycles. The molecule has 5 rings (SSSR count). The molecule has 4 aromatic rings. The third-order valence-corrected chi connectivity index (χ3v) is 6.14. The van der Waals surface area contributed by atoms with Gasteiger partial charge in [0.2, 0.25) is 11.8 Å².